The van der Waals surface area contributed by atoms with Crippen LogP contribution in [-0.4, -0.2) is 26.0 Å². The number of hydrogen-bond acceptors (Lipinski definition) is 4. The van der Waals surface area contributed by atoms with Gasteiger partial charge in [-0.2, -0.15) is 0 Å². The van der Waals surface area contributed by atoms with Gasteiger partial charge >= 0.3 is 0 Å². The lowest BCUT2D eigenvalue weighted by atomic mass is 10.1. The van der Waals surface area contributed by atoms with E-state index in [0.29, 0.717) is 18.0 Å². The van der Waals surface area contributed by atoms with Gasteiger partial charge < -0.3 is 9.52 Å². The van der Waals surface area contributed by atoms with E-state index in [1.807, 2.05) is 23.7 Å². The molecule has 0 saturated heterocycles. The van der Waals surface area contributed by atoms with E-state index in [-0.39, 0.29) is 6.10 Å². The molecule has 0 fully saturated rings. The fraction of sp³-hybridized carbons (Fsp3) is 0.455. The smallest absolute Gasteiger partial charge is 0.217 e. The molecule has 0 bridgehead atoms. The largest absolute Gasteiger partial charge is 0.458 e. The summed E-state index contributed by atoms with van der Waals surface area (Å²) < 4.78 is 7.32. The van der Waals surface area contributed by atoms with Crippen LogP contribution in [0.15, 0.2) is 16.5 Å². The molecular weight excluding hydrogens is 206 g/mol. The summed E-state index contributed by atoms with van der Waals surface area (Å²) in [6, 6.07) is 3.76. The number of rotatable bonds is 1. The van der Waals surface area contributed by atoms with E-state index < -0.39 is 0 Å². The molecule has 84 valence electrons. The highest BCUT2D eigenvalue weighted by Crippen LogP contribution is 2.21. The van der Waals surface area contributed by atoms with Gasteiger partial charge in [0.25, 0.3) is 0 Å². The molecule has 0 spiro atoms. The molecule has 0 amide bonds. The summed E-state index contributed by atoms with van der Waals surface area (Å²) in [7, 11) is 0. The van der Waals surface area contributed by atoms with Gasteiger partial charge in [-0.25, -0.2) is 9.67 Å². The van der Waals surface area contributed by atoms with E-state index in [0.717, 1.165) is 24.6 Å². The van der Waals surface area contributed by atoms with E-state index in [1.165, 1.54) is 0 Å². The lowest BCUT2D eigenvalue weighted by molar-refractivity contribution is 0.138. The first-order valence-corrected chi connectivity index (χ1v) is 5.41. The van der Waals surface area contributed by atoms with E-state index in [2.05, 4.69) is 10.1 Å². The van der Waals surface area contributed by atoms with Gasteiger partial charge in [0.05, 0.1) is 6.10 Å². The minimum absolute atomic E-state index is 0.289. The quantitative estimate of drug-likeness (QED) is 0.781. The summed E-state index contributed by atoms with van der Waals surface area (Å²) in [5.74, 6) is 2.98. The highest BCUT2D eigenvalue weighted by atomic mass is 16.3. The number of hydrogen-bond donors (Lipinski definition) is 1. The number of aliphatic hydroxyl groups excluding tert-OH is 1. The van der Waals surface area contributed by atoms with Gasteiger partial charge in [0.15, 0.2) is 5.76 Å². The van der Waals surface area contributed by atoms with Gasteiger partial charge in [-0.1, -0.05) is 0 Å². The first kappa shape index (κ1) is 9.59. The topological polar surface area (TPSA) is 64.1 Å². The molecule has 2 aromatic rings. The van der Waals surface area contributed by atoms with Crippen molar-refractivity contribution in [3.8, 4) is 11.6 Å². The Kier molecular flexibility index (Phi) is 2.07. The predicted molar refractivity (Wildman–Crippen MR) is 56.8 cm³/mol. The van der Waals surface area contributed by atoms with Crippen LogP contribution in [0.3, 0.4) is 0 Å². The van der Waals surface area contributed by atoms with Gasteiger partial charge in [-0.05, 0) is 25.5 Å². The standard InChI is InChI=1S/C11H13N3O2/c1-7-2-3-9(16-7)11-12-10-6-8(15)4-5-14(10)13-11/h2-3,8,15H,4-6H2,1H3. The van der Waals surface area contributed by atoms with Crippen molar-refractivity contribution in [1.29, 1.82) is 0 Å². The van der Waals surface area contributed by atoms with Crippen LogP contribution in [0.4, 0.5) is 0 Å². The normalized spacial score (nSPS) is 19.8. The Bertz CT molecular complexity index is 515. The molecule has 1 aliphatic heterocycles. The molecule has 3 rings (SSSR count). The Morgan fingerprint density at radius 3 is 3.12 bits per heavy atom. The third kappa shape index (κ3) is 1.53. The predicted octanol–water partition coefficient (Wildman–Crippen LogP) is 1.15. The first-order chi connectivity index (χ1) is 7.72. The average molecular weight is 219 g/mol. The Labute approximate surface area is 92.7 Å². The van der Waals surface area contributed by atoms with Crippen LogP contribution >= 0.6 is 0 Å². The monoisotopic (exact) mass is 219 g/mol. The number of nitrogens with zero attached hydrogens (tertiary/aromatic N) is 3. The third-order valence-electron chi connectivity index (χ3n) is 2.80. The zero-order valence-corrected chi connectivity index (χ0v) is 9.05. The first-order valence-electron chi connectivity index (χ1n) is 5.41. The molecule has 1 aliphatic rings. The van der Waals surface area contributed by atoms with E-state index in [9.17, 15) is 5.11 Å². The van der Waals surface area contributed by atoms with Crippen LogP contribution in [0, 0.1) is 6.92 Å². The van der Waals surface area contributed by atoms with Crippen molar-refractivity contribution < 1.29 is 9.52 Å². The Morgan fingerprint density at radius 1 is 1.50 bits per heavy atom. The molecule has 0 aromatic carbocycles. The second kappa shape index (κ2) is 3.45. The van der Waals surface area contributed by atoms with E-state index in [1.54, 1.807) is 0 Å². The van der Waals surface area contributed by atoms with Crippen LogP contribution in [-0.2, 0) is 13.0 Å². The number of aromatic nitrogens is 3. The Balaban J connectivity index is 1.98. The molecule has 3 heterocycles. The van der Waals surface area contributed by atoms with Gasteiger partial charge in [0.1, 0.15) is 11.6 Å². The van der Waals surface area contributed by atoms with Crippen molar-refractivity contribution in [3.63, 3.8) is 0 Å². The summed E-state index contributed by atoms with van der Waals surface area (Å²) in [4.78, 5) is 4.38. The molecule has 5 nitrogen and oxygen atoms in total. The zero-order valence-electron chi connectivity index (χ0n) is 9.05. The summed E-state index contributed by atoms with van der Waals surface area (Å²) in [5.41, 5.74) is 0. The molecular formula is C11H13N3O2. The minimum Gasteiger partial charge on any atom is -0.458 e. The number of aliphatic hydroxyl groups is 1. The fourth-order valence-corrected chi connectivity index (χ4v) is 1.95. The molecule has 0 saturated carbocycles. The van der Waals surface area contributed by atoms with Crippen molar-refractivity contribution >= 4 is 0 Å². The van der Waals surface area contributed by atoms with Crippen LogP contribution < -0.4 is 0 Å². The maximum Gasteiger partial charge on any atom is 0.217 e. The van der Waals surface area contributed by atoms with Crippen LogP contribution in [0.2, 0.25) is 0 Å². The SMILES string of the molecule is Cc1ccc(-c2nc3n(n2)CCC(O)C3)o1. The second-order valence-corrected chi connectivity index (χ2v) is 4.13. The van der Waals surface area contributed by atoms with Crippen molar-refractivity contribution in [2.45, 2.75) is 32.4 Å². The molecule has 0 radical (unpaired) electrons. The second-order valence-electron chi connectivity index (χ2n) is 4.13. The number of furan rings is 1. The number of aryl methyl sites for hydroxylation is 2. The molecule has 0 aliphatic carbocycles. The van der Waals surface area contributed by atoms with Gasteiger partial charge in [-0.15, -0.1) is 5.10 Å². The van der Waals surface area contributed by atoms with Crippen LogP contribution in [0.1, 0.15) is 18.0 Å². The number of fused-ring (bicyclic) bond motifs is 1. The molecule has 1 N–H and O–H groups in total. The summed E-state index contributed by atoms with van der Waals surface area (Å²) in [5, 5.41) is 13.9. The maximum atomic E-state index is 9.54. The molecule has 5 heteroatoms. The highest BCUT2D eigenvalue weighted by Gasteiger charge is 2.21. The Morgan fingerprint density at radius 2 is 2.38 bits per heavy atom. The van der Waals surface area contributed by atoms with Crippen molar-refractivity contribution in [1.82, 2.24) is 14.8 Å². The molecule has 2 aromatic heterocycles. The van der Waals surface area contributed by atoms with Crippen molar-refractivity contribution in [3.05, 3.63) is 23.7 Å². The van der Waals surface area contributed by atoms with E-state index in [4.69, 9.17) is 4.42 Å². The van der Waals surface area contributed by atoms with Crippen molar-refractivity contribution in [2.75, 3.05) is 0 Å². The minimum atomic E-state index is -0.289. The van der Waals surface area contributed by atoms with Crippen LogP contribution in [0.25, 0.3) is 11.6 Å². The van der Waals surface area contributed by atoms with Crippen molar-refractivity contribution in [2.24, 2.45) is 0 Å². The fourth-order valence-electron chi connectivity index (χ4n) is 1.95. The lowest BCUT2D eigenvalue weighted by Crippen LogP contribution is -2.23. The highest BCUT2D eigenvalue weighted by molar-refractivity contribution is 5.46. The summed E-state index contributed by atoms with van der Waals surface area (Å²) >= 11 is 0. The lowest BCUT2D eigenvalue weighted by Gasteiger charge is -2.16. The molecule has 16 heavy (non-hydrogen) atoms. The van der Waals surface area contributed by atoms with Gasteiger partial charge in [-0.3, -0.25) is 0 Å². The van der Waals surface area contributed by atoms with E-state index >= 15 is 0 Å². The van der Waals surface area contributed by atoms with Crippen LogP contribution in [0.5, 0.6) is 0 Å². The summed E-state index contributed by atoms with van der Waals surface area (Å²) in [6.45, 7) is 2.62. The maximum absolute atomic E-state index is 9.54. The van der Waals surface area contributed by atoms with Gasteiger partial charge in [0.2, 0.25) is 5.82 Å². The zero-order chi connectivity index (χ0) is 11.1. The molecule has 1 atom stereocenters. The third-order valence-corrected chi connectivity index (χ3v) is 2.80. The van der Waals surface area contributed by atoms with Gasteiger partial charge in [0, 0.05) is 13.0 Å². The molecule has 1 unspecified atom stereocenters. The summed E-state index contributed by atoms with van der Waals surface area (Å²) in [6.07, 6.45) is 1.03. The Hall–Kier alpha value is -1.62. The average Bonchev–Trinajstić information content (AvgIpc) is 2.83.